The third kappa shape index (κ3) is 3.98. The Balaban J connectivity index is 1.33. The Morgan fingerprint density at radius 1 is 1.14 bits per heavy atom. The quantitative estimate of drug-likeness (QED) is 0.737. The molecule has 1 aromatic carbocycles. The minimum Gasteiger partial charge on any atom is -0.323 e. The van der Waals surface area contributed by atoms with Crippen molar-refractivity contribution in [2.75, 3.05) is 26.2 Å². The van der Waals surface area contributed by atoms with E-state index in [1.807, 2.05) is 23.1 Å². The van der Waals surface area contributed by atoms with E-state index >= 15 is 0 Å². The first kappa shape index (κ1) is 19.2. The number of likely N-dealkylation sites (tertiary alicyclic amines) is 2. The first-order valence-corrected chi connectivity index (χ1v) is 10.1. The summed E-state index contributed by atoms with van der Waals surface area (Å²) in [5.74, 6) is -0.130. The zero-order valence-corrected chi connectivity index (χ0v) is 16.9. The summed E-state index contributed by atoms with van der Waals surface area (Å²) < 4.78 is 1.29. The fourth-order valence-corrected chi connectivity index (χ4v) is 4.61. The van der Waals surface area contributed by atoms with Gasteiger partial charge in [0.25, 0.3) is 0 Å². The molecule has 4 rings (SSSR count). The van der Waals surface area contributed by atoms with Gasteiger partial charge in [-0.1, -0.05) is 23.7 Å². The molecule has 6 nitrogen and oxygen atoms in total. The van der Waals surface area contributed by atoms with Crippen molar-refractivity contribution in [2.45, 2.75) is 32.7 Å². The number of benzene rings is 1. The molecule has 0 saturated carbocycles. The van der Waals surface area contributed by atoms with Crippen molar-refractivity contribution >= 4 is 23.4 Å². The van der Waals surface area contributed by atoms with E-state index in [0.717, 1.165) is 50.6 Å². The van der Waals surface area contributed by atoms with Gasteiger partial charge in [0.2, 0.25) is 0 Å². The SMILES string of the molecule is CC(=O)c1ccn(C(=O)N2CCC3(CCN(Cc4cccc(Cl)c4)C3)CC2)n1. The maximum absolute atomic E-state index is 12.7. The van der Waals surface area contributed by atoms with Crippen molar-refractivity contribution in [3.05, 3.63) is 52.8 Å². The third-order valence-corrected chi connectivity index (χ3v) is 6.29. The molecule has 0 radical (unpaired) electrons. The average molecular weight is 401 g/mol. The van der Waals surface area contributed by atoms with Gasteiger partial charge >= 0.3 is 6.03 Å². The van der Waals surface area contributed by atoms with Crippen molar-refractivity contribution in [1.29, 1.82) is 0 Å². The molecule has 2 saturated heterocycles. The molecule has 1 spiro atoms. The van der Waals surface area contributed by atoms with Gasteiger partial charge in [-0.3, -0.25) is 9.69 Å². The van der Waals surface area contributed by atoms with Crippen molar-refractivity contribution < 1.29 is 9.59 Å². The molecule has 1 aromatic heterocycles. The summed E-state index contributed by atoms with van der Waals surface area (Å²) in [7, 11) is 0. The van der Waals surface area contributed by atoms with Crippen molar-refractivity contribution in [3.8, 4) is 0 Å². The van der Waals surface area contributed by atoms with Gasteiger partial charge in [-0.2, -0.15) is 9.78 Å². The Hall–Kier alpha value is -2.18. The second-order valence-corrected chi connectivity index (χ2v) is 8.50. The predicted octanol–water partition coefficient (Wildman–Crippen LogP) is 3.70. The smallest absolute Gasteiger partial charge is 0.323 e. The molecule has 0 aliphatic carbocycles. The summed E-state index contributed by atoms with van der Waals surface area (Å²) in [6.07, 6.45) is 4.76. The number of carbonyl (C=O) groups excluding carboxylic acids is 2. The van der Waals surface area contributed by atoms with Crippen LogP contribution in [0, 0.1) is 5.41 Å². The van der Waals surface area contributed by atoms with Crippen LogP contribution in [0.5, 0.6) is 0 Å². The van der Waals surface area contributed by atoms with Crippen LogP contribution in [0.3, 0.4) is 0 Å². The molecule has 28 heavy (non-hydrogen) atoms. The molecule has 1 amide bonds. The maximum atomic E-state index is 12.7. The Morgan fingerprint density at radius 3 is 2.57 bits per heavy atom. The average Bonchev–Trinajstić information content (AvgIpc) is 3.30. The van der Waals surface area contributed by atoms with Gasteiger partial charge in [0.1, 0.15) is 5.69 Å². The van der Waals surface area contributed by atoms with Crippen molar-refractivity contribution in [1.82, 2.24) is 19.6 Å². The summed E-state index contributed by atoms with van der Waals surface area (Å²) in [5.41, 5.74) is 1.87. The molecule has 3 heterocycles. The van der Waals surface area contributed by atoms with Gasteiger partial charge in [-0.25, -0.2) is 4.79 Å². The van der Waals surface area contributed by atoms with E-state index in [9.17, 15) is 9.59 Å². The molecular formula is C21H25ClN4O2. The molecule has 0 unspecified atom stereocenters. The van der Waals surface area contributed by atoms with Crippen LogP contribution in [0.2, 0.25) is 5.02 Å². The zero-order valence-electron chi connectivity index (χ0n) is 16.1. The number of halogens is 1. The highest BCUT2D eigenvalue weighted by Gasteiger charge is 2.41. The van der Waals surface area contributed by atoms with E-state index in [4.69, 9.17) is 11.6 Å². The normalized spacial score (nSPS) is 19.3. The lowest BCUT2D eigenvalue weighted by Gasteiger charge is -2.39. The summed E-state index contributed by atoms with van der Waals surface area (Å²) in [4.78, 5) is 28.4. The van der Waals surface area contributed by atoms with Gasteiger partial charge in [-0.15, -0.1) is 0 Å². The summed E-state index contributed by atoms with van der Waals surface area (Å²) in [5, 5.41) is 4.88. The summed E-state index contributed by atoms with van der Waals surface area (Å²) in [6, 6.07) is 9.51. The fourth-order valence-electron chi connectivity index (χ4n) is 4.40. The molecule has 7 heteroatoms. The molecule has 2 aliphatic rings. The lowest BCUT2D eigenvalue weighted by atomic mass is 9.78. The number of rotatable bonds is 3. The minimum absolute atomic E-state index is 0.130. The van der Waals surface area contributed by atoms with E-state index in [1.54, 1.807) is 12.3 Å². The van der Waals surface area contributed by atoms with E-state index in [1.165, 1.54) is 23.6 Å². The fraction of sp³-hybridized carbons (Fsp3) is 0.476. The third-order valence-electron chi connectivity index (χ3n) is 6.05. The van der Waals surface area contributed by atoms with Crippen LogP contribution in [0.1, 0.15) is 42.2 Å². The highest BCUT2D eigenvalue weighted by molar-refractivity contribution is 6.30. The highest BCUT2D eigenvalue weighted by Crippen LogP contribution is 2.41. The molecule has 0 bridgehead atoms. The van der Waals surface area contributed by atoms with Crippen LogP contribution in [0.15, 0.2) is 36.5 Å². The second-order valence-electron chi connectivity index (χ2n) is 8.06. The maximum Gasteiger partial charge on any atom is 0.344 e. The predicted molar refractivity (Wildman–Crippen MR) is 108 cm³/mol. The highest BCUT2D eigenvalue weighted by atomic mass is 35.5. The Kier molecular flexibility index (Phi) is 5.25. The van der Waals surface area contributed by atoms with E-state index in [2.05, 4.69) is 16.1 Å². The Labute approximate surface area is 170 Å². The lowest BCUT2D eigenvalue weighted by Crippen LogP contribution is -2.45. The molecule has 2 aromatic rings. The van der Waals surface area contributed by atoms with E-state index in [0.29, 0.717) is 11.1 Å². The second kappa shape index (κ2) is 7.68. The van der Waals surface area contributed by atoms with Crippen LogP contribution < -0.4 is 0 Å². The monoisotopic (exact) mass is 400 g/mol. The molecule has 2 aliphatic heterocycles. The summed E-state index contributed by atoms with van der Waals surface area (Å²) in [6.45, 7) is 6.00. The number of piperidine rings is 1. The molecular weight excluding hydrogens is 376 g/mol. The number of aromatic nitrogens is 2. The van der Waals surface area contributed by atoms with Gasteiger partial charge in [0.05, 0.1) is 0 Å². The minimum atomic E-state index is -0.142. The zero-order chi connectivity index (χ0) is 19.7. The molecule has 0 atom stereocenters. The lowest BCUT2D eigenvalue weighted by molar-refractivity contribution is 0.101. The first-order chi connectivity index (χ1) is 13.4. The summed E-state index contributed by atoms with van der Waals surface area (Å²) >= 11 is 6.11. The van der Waals surface area contributed by atoms with Gasteiger partial charge < -0.3 is 4.90 Å². The van der Waals surface area contributed by atoms with Crippen LogP contribution >= 0.6 is 11.6 Å². The Morgan fingerprint density at radius 2 is 1.89 bits per heavy atom. The number of nitrogens with zero attached hydrogens (tertiary/aromatic N) is 4. The van der Waals surface area contributed by atoms with Crippen LogP contribution in [-0.4, -0.2) is 57.6 Å². The van der Waals surface area contributed by atoms with Gasteiger partial charge in [-0.05, 0) is 55.0 Å². The molecule has 148 valence electrons. The first-order valence-electron chi connectivity index (χ1n) is 9.77. The molecule has 0 N–H and O–H groups in total. The Bertz CT molecular complexity index is 886. The number of ketones is 1. The number of hydrogen-bond acceptors (Lipinski definition) is 4. The van der Waals surface area contributed by atoms with Gasteiger partial charge in [0, 0.05) is 44.3 Å². The topological polar surface area (TPSA) is 58.4 Å². The van der Waals surface area contributed by atoms with E-state index < -0.39 is 0 Å². The number of amides is 1. The van der Waals surface area contributed by atoms with Crippen molar-refractivity contribution in [2.24, 2.45) is 5.41 Å². The molecule has 2 fully saturated rings. The number of Topliss-reactive ketones (excluding diaryl/α,β-unsaturated/α-hetero) is 1. The largest absolute Gasteiger partial charge is 0.344 e. The van der Waals surface area contributed by atoms with Crippen LogP contribution in [-0.2, 0) is 6.54 Å². The van der Waals surface area contributed by atoms with E-state index in [-0.39, 0.29) is 11.8 Å². The number of hydrogen-bond donors (Lipinski definition) is 0. The number of carbonyl (C=O) groups is 2. The standard InChI is InChI=1S/C21H25ClN4O2/c1-16(27)19-5-9-26(23-19)20(28)25-11-7-21(8-12-25)6-10-24(15-21)14-17-3-2-4-18(22)13-17/h2-5,9,13H,6-8,10-12,14-15H2,1H3. The van der Waals surface area contributed by atoms with Gasteiger partial charge in [0.15, 0.2) is 5.78 Å². The van der Waals surface area contributed by atoms with Crippen LogP contribution in [0.4, 0.5) is 4.79 Å². The van der Waals surface area contributed by atoms with Crippen molar-refractivity contribution in [3.63, 3.8) is 0 Å². The van der Waals surface area contributed by atoms with Crippen LogP contribution in [0.25, 0.3) is 0 Å².